The molecule has 5 nitrogen and oxygen atoms in total. The molecule has 1 aromatic rings. The lowest BCUT2D eigenvalue weighted by Crippen LogP contribution is -2.51. The first-order valence-electron chi connectivity index (χ1n) is 7.10. The van der Waals surface area contributed by atoms with Crippen molar-refractivity contribution in [2.45, 2.75) is 37.5 Å². The van der Waals surface area contributed by atoms with Crippen molar-refractivity contribution in [3.8, 4) is 0 Å². The van der Waals surface area contributed by atoms with Crippen LogP contribution in [0, 0.1) is 5.82 Å². The normalized spacial score (nSPS) is 24.4. The summed E-state index contributed by atoms with van der Waals surface area (Å²) in [6.45, 7) is 1.25. The summed E-state index contributed by atoms with van der Waals surface area (Å²) >= 11 is 0. The van der Waals surface area contributed by atoms with Crippen molar-refractivity contribution in [3.63, 3.8) is 0 Å². The van der Waals surface area contributed by atoms with E-state index in [2.05, 4.69) is 10.3 Å². The third kappa shape index (κ3) is 4.20. The van der Waals surface area contributed by atoms with Gasteiger partial charge in [0, 0.05) is 37.8 Å². The van der Waals surface area contributed by atoms with Crippen LogP contribution in [0.2, 0.25) is 0 Å². The highest BCUT2D eigenvalue weighted by molar-refractivity contribution is 5.85. The molecule has 2 fully saturated rings. The van der Waals surface area contributed by atoms with Crippen LogP contribution < -0.4 is 10.2 Å². The summed E-state index contributed by atoms with van der Waals surface area (Å²) < 4.78 is 14.2. The monoisotopic (exact) mass is 353 g/mol. The Bertz CT molecular complexity index is 483. The molecular formula is C14H22Cl2FN3O2. The van der Waals surface area contributed by atoms with E-state index in [0.717, 1.165) is 25.9 Å². The predicted molar refractivity (Wildman–Crippen MR) is 87.6 cm³/mol. The average molecular weight is 354 g/mol. The number of nitrogens with one attached hydrogen (secondary N) is 1. The number of aromatic nitrogens is 1. The van der Waals surface area contributed by atoms with Crippen LogP contribution in [0.15, 0.2) is 12.3 Å². The largest absolute Gasteiger partial charge is 0.394 e. The first kappa shape index (κ1) is 19.4. The minimum absolute atomic E-state index is 0. The fourth-order valence-electron chi connectivity index (χ4n) is 3.12. The van der Waals surface area contributed by atoms with Crippen molar-refractivity contribution in [1.29, 1.82) is 0 Å². The molecule has 3 heterocycles. The number of piperazine rings is 1. The molecule has 2 aliphatic heterocycles. The third-order valence-corrected chi connectivity index (χ3v) is 4.08. The van der Waals surface area contributed by atoms with Crippen LogP contribution in [0.5, 0.6) is 0 Å². The van der Waals surface area contributed by atoms with E-state index in [1.54, 1.807) is 6.20 Å². The van der Waals surface area contributed by atoms with Gasteiger partial charge in [-0.25, -0.2) is 9.37 Å². The molecule has 8 heteroatoms. The van der Waals surface area contributed by atoms with Crippen LogP contribution in [0.3, 0.4) is 0 Å². The number of pyridine rings is 1. The molecule has 3 rings (SSSR count). The first-order chi connectivity index (χ1) is 9.65. The van der Waals surface area contributed by atoms with Crippen molar-refractivity contribution in [1.82, 2.24) is 10.3 Å². The van der Waals surface area contributed by atoms with Gasteiger partial charge in [0.1, 0.15) is 0 Å². The van der Waals surface area contributed by atoms with E-state index in [1.807, 2.05) is 4.90 Å². The molecular weight excluding hydrogens is 332 g/mol. The van der Waals surface area contributed by atoms with Gasteiger partial charge in [-0.1, -0.05) is 0 Å². The van der Waals surface area contributed by atoms with Gasteiger partial charge in [0.05, 0.1) is 12.7 Å². The number of hydrogen-bond acceptors (Lipinski definition) is 5. The van der Waals surface area contributed by atoms with Crippen LogP contribution in [-0.2, 0) is 6.42 Å². The molecule has 0 spiro atoms. The van der Waals surface area contributed by atoms with Crippen LogP contribution >= 0.6 is 24.8 Å². The number of aliphatic hydroxyl groups excluding tert-OH is 2. The van der Waals surface area contributed by atoms with Gasteiger partial charge in [-0.15, -0.1) is 24.8 Å². The van der Waals surface area contributed by atoms with E-state index in [9.17, 15) is 9.50 Å². The Labute approximate surface area is 141 Å². The van der Waals surface area contributed by atoms with E-state index in [1.165, 1.54) is 6.07 Å². The molecule has 3 atom stereocenters. The molecule has 0 aromatic carbocycles. The second kappa shape index (κ2) is 8.26. The number of nitrogens with zero attached hydrogens (tertiary/aromatic N) is 2. The second-order valence-electron chi connectivity index (χ2n) is 5.73. The van der Waals surface area contributed by atoms with Crippen molar-refractivity contribution in [2.75, 3.05) is 24.6 Å². The number of anilines is 1. The summed E-state index contributed by atoms with van der Waals surface area (Å²) in [7, 11) is 0. The van der Waals surface area contributed by atoms with E-state index < -0.39 is 6.10 Å². The van der Waals surface area contributed by atoms with Crippen LogP contribution in [0.1, 0.15) is 18.4 Å². The van der Waals surface area contributed by atoms with Crippen molar-refractivity contribution < 1.29 is 14.6 Å². The lowest BCUT2D eigenvalue weighted by atomic mass is 10.1. The topological polar surface area (TPSA) is 68.6 Å². The summed E-state index contributed by atoms with van der Waals surface area (Å²) in [6.07, 6.45) is 3.22. The highest BCUT2D eigenvalue weighted by Crippen LogP contribution is 2.26. The maximum atomic E-state index is 14.2. The molecule has 1 aromatic heterocycles. The quantitative estimate of drug-likeness (QED) is 0.750. The van der Waals surface area contributed by atoms with Crippen LogP contribution in [0.4, 0.5) is 10.2 Å². The second-order valence-corrected chi connectivity index (χ2v) is 5.73. The van der Waals surface area contributed by atoms with E-state index in [-0.39, 0.29) is 43.7 Å². The summed E-state index contributed by atoms with van der Waals surface area (Å²) in [5, 5.41) is 21.7. The van der Waals surface area contributed by atoms with Gasteiger partial charge in [0.15, 0.2) is 11.6 Å². The van der Waals surface area contributed by atoms with Gasteiger partial charge in [-0.05, 0) is 24.5 Å². The predicted octanol–water partition coefficient (Wildman–Crippen LogP) is 0.901. The average Bonchev–Trinajstić information content (AvgIpc) is 2.77. The minimum Gasteiger partial charge on any atom is -0.394 e. The van der Waals surface area contributed by atoms with E-state index >= 15 is 0 Å². The van der Waals surface area contributed by atoms with Crippen molar-refractivity contribution in [3.05, 3.63) is 23.6 Å². The van der Waals surface area contributed by atoms with Gasteiger partial charge in [-0.3, -0.25) is 0 Å². The molecule has 2 aliphatic rings. The van der Waals surface area contributed by atoms with E-state index in [0.29, 0.717) is 23.5 Å². The number of fused-ring (bicyclic) bond motifs is 2. The number of hydrogen-bond donors (Lipinski definition) is 3. The maximum Gasteiger partial charge on any atom is 0.165 e. The summed E-state index contributed by atoms with van der Waals surface area (Å²) in [4.78, 5) is 6.22. The number of rotatable bonds is 4. The van der Waals surface area contributed by atoms with Crippen molar-refractivity contribution in [2.24, 2.45) is 0 Å². The lowest BCUT2D eigenvalue weighted by molar-refractivity contribution is 0.0954. The number of halogens is 3. The SMILES string of the molecule is Cl.Cl.OCC(O)Cc1cnc(N2CC3CCC(C2)N3)c(F)c1. The Morgan fingerprint density at radius 1 is 1.32 bits per heavy atom. The molecule has 0 radical (unpaired) electrons. The highest BCUT2D eigenvalue weighted by atomic mass is 35.5. The molecule has 0 saturated carbocycles. The third-order valence-electron chi connectivity index (χ3n) is 4.08. The first-order valence-corrected chi connectivity index (χ1v) is 7.10. The molecule has 3 unspecified atom stereocenters. The van der Waals surface area contributed by atoms with Gasteiger partial charge in [-0.2, -0.15) is 0 Å². The van der Waals surface area contributed by atoms with Gasteiger partial charge in [0.2, 0.25) is 0 Å². The van der Waals surface area contributed by atoms with Gasteiger partial charge >= 0.3 is 0 Å². The van der Waals surface area contributed by atoms with E-state index in [4.69, 9.17) is 5.11 Å². The maximum absolute atomic E-state index is 14.2. The Morgan fingerprint density at radius 2 is 1.95 bits per heavy atom. The van der Waals surface area contributed by atoms with Gasteiger partial charge in [0.25, 0.3) is 0 Å². The highest BCUT2D eigenvalue weighted by Gasteiger charge is 2.33. The minimum atomic E-state index is -0.864. The Hall–Kier alpha value is -0.660. The number of aliphatic hydroxyl groups is 2. The molecule has 0 aliphatic carbocycles. The standard InChI is InChI=1S/C14H20FN3O2.2ClH/c15-13-4-9(3-12(20)8-19)5-16-14(13)18-6-10-1-2-11(7-18)17-10;;/h4-5,10-12,17,19-20H,1-3,6-8H2;2*1H. The molecule has 126 valence electrons. The summed E-state index contributed by atoms with van der Waals surface area (Å²) in [6, 6.07) is 2.28. The summed E-state index contributed by atoms with van der Waals surface area (Å²) in [5.41, 5.74) is 0.603. The zero-order valence-electron chi connectivity index (χ0n) is 12.1. The molecule has 2 saturated heterocycles. The fourth-order valence-corrected chi connectivity index (χ4v) is 3.12. The molecule has 3 N–H and O–H groups in total. The smallest absolute Gasteiger partial charge is 0.165 e. The van der Waals surface area contributed by atoms with Crippen molar-refractivity contribution >= 4 is 30.6 Å². The molecule has 0 amide bonds. The zero-order valence-corrected chi connectivity index (χ0v) is 13.7. The zero-order chi connectivity index (χ0) is 14.1. The van der Waals surface area contributed by atoms with Gasteiger partial charge < -0.3 is 20.4 Å². The van der Waals surface area contributed by atoms with Crippen LogP contribution in [0.25, 0.3) is 0 Å². The summed E-state index contributed by atoms with van der Waals surface area (Å²) in [5.74, 6) is 0.0413. The molecule has 22 heavy (non-hydrogen) atoms. The Kier molecular flexibility index (Phi) is 7.28. The molecule has 2 bridgehead atoms. The Balaban J connectivity index is 0.00000121. The Morgan fingerprint density at radius 3 is 2.50 bits per heavy atom. The van der Waals surface area contributed by atoms with Crippen LogP contribution in [-0.4, -0.2) is 53.1 Å². The fraction of sp³-hybridized carbons (Fsp3) is 0.643. The lowest BCUT2D eigenvalue weighted by Gasteiger charge is -2.33.